The molecular formula is C21H17F3N4O3. The molecule has 3 atom stereocenters. The normalized spacial score (nSPS) is 22.5. The molecule has 1 saturated heterocycles. The molecule has 10 heteroatoms. The molecular weight excluding hydrogens is 413 g/mol. The van der Waals surface area contributed by atoms with Crippen molar-refractivity contribution < 1.29 is 23.1 Å². The smallest absolute Gasteiger partial charge is 0.341 e. The first kappa shape index (κ1) is 19.6. The van der Waals surface area contributed by atoms with Gasteiger partial charge in [-0.3, -0.25) is 9.36 Å². The SMILES string of the molecule is N[C@H]1C[C@H]2CN(c3nc4c(cc3F)c(=O)c(C(=O)O)cn4-c3ccc(F)cc3F)C[C@H]21. The number of benzene rings is 1. The molecule has 1 aliphatic heterocycles. The fourth-order valence-electron chi connectivity index (χ4n) is 4.58. The summed E-state index contributed by atoms with van der Waals surface area (Å²) in [5.74, 6) is -3.62. The maximum Gasteiger partial charge on any atom is 0.341 e. The maximum atomic E-state index is 15.0. The van der Waals surface area contributed by atoms with E-state index >= 15 is 0 Å². The Morgan fingerprint density at radius 1 is 1.16 bits per heavy atom. The third kappa shape index (κ3) is 2.97. The van der Waals surface area contributed by atoms with Crippen LogP contribution in [0.2, 0.25) is 0 Å². The van der Waals surface area contributed by atoms with Crippen LogP contribution in [0.5, 0.6) is 0 Å². The van der Waals surface area contributed by atoms with Crippen molar-refractivity contribution in [3.63, 3.8) is 0 Å². The first-order valence-corrected chi connectivity index (χ1v) is 9.69. The van der Waals surface area contributed by atoms with Crippen molar-refractivity contribution in [1.82, 2.24) is 9.55 Å². The number of aromatic nitrogens is 2. The van der Waals surface area contributed by atoms with Crippen molar-refractivity contribution in [1.29, 1.82) is 0 Å². The molecule has 5 rings (SSSR count). The molecule has 1 aliphatic carbocycles. The lowest BCUT2D eigenvalue weighted by Crippen LogP contribution is -2.46. The number of nitrogens with two attached hydrogens (primary N) is 1. The molecule has 0 unspecified atom stereocenters. The number of rotatable bonds is 3. The van der Waals surface area contributed by atoms with E-state index in [1.165, 1.54) is 0 Å². The molecule has 0 amide bonds. The molecule has 31 heavy (non-hydrogen) atoms. The Morgan fingerprint density at radius 2 is 1.94 bits per heavy atom. The van der Waals surface area contributed by atoms with Crippen LogP contribution < -0.4 is 16.1 Å². The Labute approximate surface area is 173 Å². The van der Waals surface area contributed by atoms with E-state index in [1.807, 2.05) is 0 Å². The lowest BCUT2D eigenvalue weighted by molar-refractivity contribution is 0.0695. The van der Waals surface area contributed by atoms with Crippen molar-refractivity contribution in [2.45, 2.75) is 12.5 Å². The van der Waals surface area contributed by atoms with Gasteiger partial charge in [0.15, 0.2) is 17.3 Å². The van der Waals surface area contributed by atoms with Gasteiger partial charge in [0.1, 0.15) is 17.2 Å². The van der Waals surface area contributed by atoms with E-state index in [2.05, 4.69) is 4.98 Å². The summed E-state index contributed by atoms with van der Waals surface area (Å²) in [5.41, 5.74) is 4.04. The predicted octanol–water partition coefficient (Wildman–Crippen LogP) is 2.28. The van der Waals surface area contributed by atoms with Gasteiger partial charge in [0.25, 0.3) is 0 Å². The molecule has 0 bridgehead atoms. The van der Waals surface area contributed by atoms with Gasteiger partial charge in [-0.2, -0.15) is 0 Å². The Morgan fingerprint density at radius 3 is 2.58 bits per heavy atom. The van der Waals surface area contributed by atoms with Crippen LogP contribution in [0.4, 0.5) is 19.0 Å². The maximum absolute atomic E-state index is 15.0. The number of hydrogen-bond donors (Lipinski definition) is 2. The molecule has 3 heterocycles. The number of aromatic carboxylic acids is 1. The number of halogens is 3. The number of nitrogens with zero attached hydrogens (tertiary/aromatic N) is 3. The van der Waals surface area contributed by atoms with Gasteiger partial charge in [-0.25, -0.2) is 22.9 Å². The van der Waals surface area contributed by atoms with Crippen LogP contribution in [0.15, 0.2) is 35.3 Å². The Hall–Kier alpha value is -3.40. The molecule has 0 spiro atoms. The Balaban J connectivity index is 1.75. The molecule has 1 saturated carbocycles. The van der Waals surface area contributed by atoms with E-state index < -0.39 is 34.4 Å². The highest BCUT2D eigenvalue weighted by Gasteiger charge is 2.46. The van der Waals surface area contributed by atoms with Crippen molar-refractivity contribution in [3.8, 4) is 5.69 Å². The summed E-state index contributed by atoms with van der Waals surface area (Å²) < 4.78 is 43.9. The third-order valence-corrected chi connectivity index (χ3v) is 6.23. The van der Waals surface area contributed by atoms with Crippen molar-refractivity contribution in [2.24, 2.45) is 17.6 Å². The molecule has 2 fully saturated rings. The van der Waals surface area contributed by atoms with Crippen LogP contribution in [-0.2, 0) is 0 Å². The van der Waals surface area contributed by atoms with Gasteiger partial charge in [0.05, 0.1) is 11.1 Å². The molecule has 3 N–H and O–H groups in total. The molecule has 3 aromatic rings. The minimum atomic E-state index is -1.56. The van der Waals surface area contributed by atoms with Gasteiger partial charge in [0.2, 0.25) is 5.43 Å². The Bertz CT molecular complexity index is 1310. The van der Waals surface area contributed by atoms with E-state index in [-0.39, 0.29) is 34.5 Å². The van der Waals surface area contributed by atoms with Crippen LogP contribution in [0.25, 0.3) is 16.7 Å². The number of pyridine rings is 2. The zero-order valence-corrected chi connectivity index (χ0v) is 16.1. The number of hydrogen-bond acceptors (Lipinski definition) is 5. The largest absolute Gasteiger partial charge is 0.477 e. The van der Waals surface area contributed by atoms with Crippen LogP contribution in [0, 0.1) is 29.3 Å². The molecule has 1 aromatic carbocycles. The zero-order chi connectivity index (χ0) is 22.0. The number of fused-ring (bicyclic) bond motifs is 2. The fourth-order valence-corrected chi connectivity index (χ4v) is 4.58. The topological polar surface area (TPSA) is 101 Å². The fraction of sp³-hybridized carbons (Fsp3) is 0.286. The number of carbonyl (C=O) groups is 1. The van der Waals surface area contributed by atoms with Gasteiger partial charge in [-0.1, -0.05) is 0 Å². The second-order valence-corrected chi connectivity index (χ2v) is 8.04. The number of anilines is 1. The first-order chi connectivity index (χ1) is 14.7. The molecule has 7 nitrogen and oxygen atoms in total. The average molecular weight is 430 g/mol. The minimum absolute atomic E-state index is 0.0205. The lowest BCUT2D eigenvalue weighted by Gasteiger charge is -2.36. The van der Waals surface area contributed by atoms with Gasteiger partial charge < -0.3 is 15.7 Å². The van der Waals surface area contributed by atoms with Gasteiger partial charge in [-0.15, -0.1) is 0 Å². The Kier molecular flexibility index (Phi) is 4.30. The van der Waals surface area contributed by atoms with E-state index in [9.17, 15) is 27.9 Å². The summed E-state index contributed by atoms with van der Waals surface area (Å²) >= 11 is 0. The highest BCUT2D eigenvalue weighted by Crippen LogP contribution is 2.41. The second kappa shape index (κ2) is 6.81. The average Bonchev–Trinajstić information content (AvgIpc) is 3.05. The third-order valence-electron chi connectivity index (χ3n) is 6.23. The van der Waals surface area contributed by atoms with Crippen molar-refractivity contribution in [3.05, 3.63) is 63.7 Å². The summed E-state index contributed by atoms with van der Waals surface area (Å²) in [6.45, 7) is 1.06. The highest BCUT2D eigenvalue weighted by molar-refractivity contribution is 5.92. The number of carboxylic acids is 1. The standard InChI is InChI=1S/C21H17F3N4O3/c22-10-1-2-17(14(23)4-10)28-8-13(21(30)31)18(29)11-5-15(24)20(26-19(11)28)27-6-9-3-16(25)12(9)7-27/h1-2,4-5,8-9,12,16H,3,6-7,25H2,(H,30,31)/t9-,12+,16-/m0/s1. The molecule has 2 aliphatic rings. The second-order valence-electron chi connectivity index (χ2n) is 8.04. The van der Waals surface area contributed by atoms with Gasteiger partial charge >= 0.3 is 5.97 Å². The summed E-state index contributed by atoms with van der Waals surface area (Å²) in [5, 5.41) is 9.08. The van der Waals surface area contributed by atoms with E-state index in [4.69, 9.17) is 5.73 Å². The summed E-state index contributed by atoms with van der Waals surface area (Å²) in [7, 11) is 0. The molecule has 0 radical (unpaired) electrons. The number of carboxylic acid groups (broad SMARTS) is 1. The monoisotopic (exact) mass is 430 g/mol. The quantitative estimate of drug-likeness (QED) is 0.661. The zero-order valence-electron chi connectivity index (χ0n) is 16.1. The summed E-state index contributed by atoms with van der Waals surface area (Å²) in [6.07, 6.45) is 1.76. The summed E-state index contributed by atoms with van der Waals surface area (Å²) in [4.78, 5) is 30.2. The van der Waals surface area contributed by atoms with Crippen LogP contribution in [0.1, 0.15) is 16.8 Å². The van der Waals surface area contributed by atoms with Crippen LogP contribution in [0.3, 0.4) is 0 Å². The predicted molar refractivity (Wildman–Crippen MR) is 106 cm³/mol. The van der Waals surface area contributed by atoms with Gasteiger partial charge in [-0.05, 0) is 36.5 Å². The van der Waals surface area contributed by atoms with Crippen LogP contribution >= 0.6 is 0 Å². The van der Waals surface area contributed by atoms with Gasteiger partial charge in [0, 0.05) is 31.4 Å². The minimum Gasteiger partial charge on any atom is -0.477 e. The van der Waals surface area contributed by atoms with E-state index in [1.54, 1.807) is 4.90 Å². The van der Waals surface area contributed by atoms with E-state index in [0.717, 1.165) is 35.4 Å². The molecule has 2 aromatic heterocycles. The van der Waals surface area contributed by atoms with Crippen LogP contribution in [-0.4, -0.2) is 39.8 Å². The summed E-state index contributed by atoms with van der Waals surface area (Å²) in [6, 6.07) is 3.68. The highest BCUT2D eigenvalue weighted by atomic mass is 19.1. The first-order valence-electron chi connectivity index (χ1n) is 9.69. The van der Waals surface area contributed by atoms with Crippen molar-refractivity contribution in [2.75, 3.05) is 18.0 Å². The van der Waals surface area contributed by atoms with Crippen molar-refractivity contribution >= 4 is 22.8 Å². The van der Waals surface area contributed by atoms with E-state index in [0.29, 0.717) is 25.1 Å². The lowest BCUT2D eigenvalue weighted by atomic mass is 9.72. The molecule has 160 valence electrons.